The predicted molar refractivity (Wildman–Crippen MR) is 124 cm³/mol. The third-order valence-electron chi connectivity index (χ3n) is 6.31. The molecule has 0 aromatic carbocycles. The van der Waals surface area contributed by atoms with E-state index in [0.29, 0.717) is 43.1 Å². The maximum absolute atomic E-state index is 14.7. The lowest BCUT2D eigenvalue weighted by Crippen LogP contribution is -2.48. The molecule has 2 aliphatic heterocycles. The van der Waals surface area contributed by atoms with Gasteiger partial charge in [-0.1, -0.05) is 0 Å². The van der Waals surface area contributed by atoms with E-state index >= 15 is 0 Å². The minimum Gasteiger partial charge on any atom is -0.367 e. The number of hydrogen-bond acceptors (Lipinski definition) is 7. The second-order valence-electron chi connectivity index (χ2n) is 8.36. The summed E-state index contributed by atoms with van der Waals surface area (Å²) in [6.45, 7) is 5.01. The van der Waals surface area contributed by atoms with Crippen molar-refractivity contribution in [2.75, 3.05) is 42.9 Å². The molecule has 0 unspecified atom stereocenters. The number of anilines is 3. The highest BCUT2D eigenvalue weighted by atomic mass is 19.1. The van der Waals surface area contributed by atoms with Crippen LogP contribution in [0.15, 0.2) is 30.6 Å². The number of halogens is 1. The normalized spacial score (nSPS) is 15.7. The van der Waals surface area contributed by atoms with Crippen LogP contribution in [0.3, 0.4) is 0 Å². The number of carbonyl (C=O) groups is 2. The monoisotopic (exact) mass is 464 g/mol. The lowest BCUT2D eigenvalue weighted by molar-refractivity contribution is -0.129. The van der Waals surface area contributed by atoms with Gasteiger partial charge in [0.25, 0.3) is 5.91 Å². The molecule has 34 heavy (non-hydrogen) atoms. The molecule has 11 heteroatoms. The van der Waals surface area contributed by atoms with Gasteiger partial charge in [-0.15, -0.1) is 0 Å². The van der Waals surface area contributed by atoms with Gasteiger partial charge in [0, 0.05) is 58.8 Å². The second kappa shape index (κ2) is 8.73. The Kier molecular flexibility index (Phi) is 5.60. The molecule has 0 radical (unpaired) electrons. The van der Waals surface area contributed by atoms with Crippen molar-refractivity contribution in [2.24, 2.45) is 7.05 Å². The lowest BCUT2D eigenvalue weighted by Gasteiger charge is -2.35. The summed E-state index contributed by atoms with van der Waals surface area (Å²) in [5.74, 6) is 0.0826. The minimum atomic E-state index is -0.572. The van der Waals surface area contributed by atoms with Gasteiger partial charge in [0.05, 0.1) is 29.3 Å². The first-order valence-electron chi connectivity index (χ1n) is 11.1. The number of fused-ring (bicyclic) bond motifs is 1. The molecule has 0 spiro atoms. The number of pyridine rings is 1. The molecule has 2 N–H and O–H groups in total. The smallest absolute Gasteiger partial charge is 0.253 e. The Hall–Kier alpha value is -4.02. The number of carbonyl (C=O) groups excluding carboxylic acids is 2. The summed E-state index contributed by atoms with van der Waals surface area (Å²) >= 11 is 0. The summed E-state index contributed by atoms with van der Waals surface area (Å²) < 4.78 is 16.5. The Morgan fingerprint density at radius 2 is 1.94 bits per heavy atom. The zero-order valence-electron chi connectivity index (χ0n) is 19.0. The third kappa shape index (κ3) is 4.04. The molecule has 5 rings (SSSR count). The summed E-state index contributed by atoms with van der Waals surface area (Å²) in [5.41, 5.74) is 2.98. The average molecular weight is 465 g/mol. The van der Waals surface area contributed by atoms with E-state index in [2.05, 4.69) is 30.5 Å². The number of nitrogens with one attached hydrogen (secondary N) is 2. The highest BCUT2D eigenvalue weighted by Gasteiger charge is 2.25. The van der Waals surface area contributed by atoms with Crippen LogP contribution >= 0.6 is 0 Å². The standard InChI is InChI=1S/C23H25FN8O2/c1-14(33)31-7-9-32(10-8-31)15-3-4-20(26-12-15)28-23-27-13-17(24)21(29-23)19-11-16-18(30(19)2)5-6-25-22(16)34/h3-4,11-13H,5-10H2,1-2H3,(H,25,34)(H,26,27,28,29). The van der Waals surface area contributed by atoms with E-state index in [0.717, 1.165) is 30.7 Å². The van der Waals surface area contributed by atoms with Crippen molar-refractivity contribution < 1.29 is 14.0 Å². The molecule has 2 aliphatic rings. The van der Waals surface area contributed by atoms with Crippen LogP contribution in [0.2, 0.25) is 0 Å². The minimum absolute atomic E-state index is 0.0924. The Balaban J connectivity index is 1.33. The molecule has 0 bridgehead atoms. The van der Waals surface area contributed by atoms with Crippen LogP contribution in [0.5, 0.6) is 0 Å². The highest BCUT2D eigenvalue weighted by molar-refractivity contribution is 5.97. The fourth-order valence-electron chi connectivity index (χ4n) is 4.41. The van der Waals surface area contributed by atoms with Gasteiger partial charge >= 0.3 is 0 Å². The molecule has 176 valence electrons. The summed E-state index contributed by atoms with van der Waals surface area (Å²) in [6.07, 6.45) is 3.54. The van der Waals surface area contributed by atoms with Gasteiger partial charge in [-0.3, -0.25) is 9.59 Å². The number of amides is 2. The Bertz CT molecular complexity index is 1250. The molecular weight excluding hydrogens is 439 g/mol. The third-order valence-corrected chi connectivity index (χ3v) is 6.31. The van der Waals surface area contributed by atoms with Crippen LogP contribution in [0, 0.1) is 5.82 Å². The molecular formula is C23H25FN8O2. The second-order valence-corrected chi connectivity index (χ2v) is 8.36. The Labute approximate surface area is 195 Å². The number of hydrogen-bond donors (Lipinski definition) is 2. The number of rotatable bonds is 4. The molecule has 0 aliphatic carbocycles. The van der Waals surface area contributed by atoms with Crippen LogP contribution in [-0.2, 0) is 18.3 Å². The molecule has 3 aromatic rings. The van der Waals surface area contributed by atoms with E-state index in [-0.39, 0.29) is 23.5 Å². The summed E-state index contributed by atoms with van der Waals surface area (Å²) in [5, 5.41) is 5.83. The maximum atomic E-state index is 14.7. The van der Waals surface area contributed by atoms with E-state index in [9.17, 15) is 14.0 Å². The van der Waals surface area contributed by atoms with Gasteiger partial charge in [-0.2, -0.15) is 0 Å². The topological polar surface area (TPSA) is 108 Å². The van der Waals surface area contributed by atoms with Crippen molar-refractivity contribution in [3.8, 4) is 11.4 Å². The largest absolute Gasteiger partial charge is 0.367 e. The van der Waals surface area contributed by atoms with E-state index in [1.165, 1.54) is 0 Å². The Morgan fingerprint density at radius 3 is 2.62 bits per heavy atom. The van der Waals surface area contributed by atoms with Crippen molar-refractivity contribution in [2.45, 2.75) is 13.3 Å². The molecule has 10 nitrogen and oxygen atoms in total. The molecule has 1 fully saturated rings. The van der Waals surface area contributed by atoms with Crippen LogP contribution in [0.1, 0.15) is 23.0 Å². The van der Waals surface area contributed by atoms with Crippen LogP contribution in [0.25, 0.3) is 11.4 Å². The molecule has 1 saturated heterocycles. The van der Waals surface area contributed by atoms with E-state index in [1.54, 1.807) is 26.2 Å². The van der Waals surface area contributed by atoms with Crippen LogP contribution < -0.4 is 15.5 Å². The Morgan fingerprint density at radius 1 is 1.15 bits per heavy atom. The van der Waals surface area contributed by atoms with E-state index < -0.39 is 5.82 Å². The fourth-order valence-corrected chi connectivity index (χ4v) is 4.41. The summed E-state index contributed by atoms with van der Waals surface area (Å²) in [7, 11) is 1.80. The van der Waals surface area contributed by atoms with Gasteiger partial charge in [0.15, 0.2) is 5.82 Å². The number of piperazine rings is 1. The highest BCUT2D eigenvalue weighted by Crippen LogP contribution is 2.28. The summed E-state index contributed by atoms with van der Waals surface area (Å²) in [6, 6.07) is 5.41. The zero-order valence-corrected chi connectivity index (χ0v) is 19.0. The molecule has 5 heterocycles. The van der Waals surface area contributed by atoms with Gasteiger partial charge < -0.3 is 25.0 Å². The lowest BCUT2D eigenvalue weighted by atomic mass is 10.1. The first-order valence-corrected chi connectivity index (χ1v) is 11.1. The van der Waals surface area contributed by atoms with Crippen molar-refractivity contribution in [3.05, 3.63) is 47.7 Å². The fraction of sp³-hybridized carbons (Fsp3) is 0.348. The van der Waals surface area contributed by atoms with Crippen LogP contribution in [-0.4, -0.2) is 69.0 Å². The molecule has 0 saturated carbocycles. The molecule has 2 amide bonds. The van der Waals surface area contributed by atoms with E-state index in [4.69, 9.17) is 0 Å². The van der Waals surface area contributed by atoms with Crippen molar-refractivity contribution in [1.82, 2.24) is 29.7 Å². The zero-order chi connectivity index (χ0) is 23.8. The first kappa shape index (κ1) is 21.8. The van der Waals surface area contributed by atoms with Gasteiger partial charge in [-0.05, 0) is 18.2 Å². The van der Waals surface area contributed by atoms with Gasteiger partial charge in [0.1, 0.15) is 11.5 Å². The van der Waals surface area contributed by atoms with Gasteiger partial charge in [-0.25, -0.2) is 19.3 Å². The number of aromatic nitrogens is 4. The maximum Gasteiger partial charge on any atom is 0.253 e. The number of nitrogens with zero attached hydrogens (tertiary/aromatic N) is 6. The quantitative estimate of drug-likeness (QED) is 0.605. The van der Waals surface area contributed by atoms with Crippen molar-refractivity contribution in [1.29, 1.82) is 0 Å². The van der Waals surface area contributed by atoms with Crippen molar-refractivity contribution in [3.63, 3.8) is 0 Å². The summed E-state index contributed by atoms with van der Waals surface area (Å²) in [4.78, 5) is 40.6. The van der Waals surface area contributed by atoms with Gasteiger partial charge in [0.2, 0.25) is 11.9 Å². The predicted octanol–water partition coefficient (Wildman–Crippen LogP) is 1.71. The first-order chi connectivity index (χ1) is 16.4. The molecule has 3 aromatic heterocycles. The van der Waals surface area contributed by atoms with Crippen molar-refractivity contribution >= 4 is 29.3 Å². The SMILES string of the molecule is CC(=O)N1CCN(c2ccc(Nc3ncc(F)c(-c4cc5c(n4C)CCNC5=O)n3)nc2)CC1. The molecule has 0 atom stereocenters. The van der Waals surface area contributed by atoms with Crippen LogP contribution in [0.4, 0.5) is 21.8 Å². The average Bonchev–Trinajstić information content (AvgIpc) is 3.18. The van der Waals surface area contributed by atoms with E-state index in [1.807, 2.05) is 21.6 Å².